The number of nitrogens with one attached hydrogen (secondary N) is 1. The van der Waals surface area contributed by atoms with Crippen molar-refractivity contribution in [3.63, 3.8) is 0 Å². The van der Waals surface area contributed by atoms with Crippen LogP contribution in [0.3, 0.4) is 0 Å². The first-order valence-electron chi connectivity index (χ1n) is 11.6. The number of amides is 1. The number of thiophene rings is 1. The molecule has 8 nitrogen and oxygen atoms in total. The van der Waals surface area contributed by atoms with E-state index in [-0.39, 0.29) is 18.6 Å². The zero-order valence-corrected chi connectivity index (χ0v) is 20.1. The molecular weight excluding hydrogens is 454 g/mol. The third-order valence-corrected chi connectivity index (χ3v) is 6.98. The molecule has 1 aromatic carbocycles. The van der Waals surface area contributed by atoms with Crippen LogP contribution in [0.4, 0.5) is 5.00 Å². The smallest absolute Gasteiger partial charge is 0.341 e. The number of carbonyl (C=O) groups excluding carboxylic acids is 3. The molecule has 1 N–H and O–H groups in total. The summed E-state index contributed by atoms with van der Waals surface area (Å²) < 4.78 is 10.9. The standard InChI is InChI=1S/C25H27N3O5S/c1-3-18(33-24(30)16-10-8-11-17-21(16)27-14-13-26-17)22(29)28-23-20(25(31)32-4-2)15-9-6-5-7-12-19(15)34-23/h8,10-11,13-14,18H,3-7,9,12H2,1-2H3,(H,28,29). The van der Waals surface area contributed by atoms with Crippen LogP contribution in [-0.2, 0) is 27.1 Å². The van der Waals surface area contributed by atoms with Crippen molar-refractivity contribution in [3.05, 3.63) is 52.2 Å². The lowest BCUT2D eigenvalue weighted by atomic mass is 10.1. The summed E-state index contributed by atoms with van der Waals surface area (Å²) in [7, 11) is 0. The van der Waals surface area contributed by atoms with Gasteiger partial charge in [-0.25, -0.2) is 9.59 Å². The Morgan fingerprint density at radius 1 is 1.06 bits per heavy atom. The number of rotatable bonds is 7. The van der Waals surface area contributed by atoms with Gasteiger partial charge in [0.1, 0.15) is 10.5 Å². The number of carbonyl (C=O) groups is 3. The normalized spacial score (nSPS) is 14.1. The molecule has 0 saturated carbocycles. The van der Waals surface area contributed by atoms with Gasteiger partial charge in [-0.2, -0.15) is 0 Å². The predicted molar refractivity (Wildman–Crippen MR) is 129 cm³/mol. The summed E-state index contributed by atoms with van der Waals surface area (Å²) in [6.07, 6.45) is 7.09. The Bertz CT molecular complexity index is 1220. The molecule has 1 aliphatic carbocycles. The average molecular weight is 482 g/mol. The molecular formula is C25H27N3O5S. The number of aryl methyl sites for hydroxylation is 1. The highest BCUT2D eigenvalue weighted by atomic mass is 32.1. The lowest BCUT2D eigenvalue weighted by Crippen LogP contribution is -2.32. The van der Waals surface area contributed by atoms with Crippen molar-refractivity contribution in [2.45, 2.75) is 58.5 Å². The third kappa shape index (κ3) is 4.94. The highest BCUT2D eigenvalue weighted by Gasteiger charge is 2.29. The van der Waals surface area contributed by atoms with Crippen LogP contribution in [0, 0.1) is 0 Å². The minimum atomic E-state index is -1.03. The fourth-order valence-electron chi connectivity index (χ4n) is 4.11. The minimum Gasteiger partial charge on any atom is -0.462 e. The van der Waals surface area contributed by atoms with E-state index in [2.05, 4.69) is 15.3 Å². The van der Waals surface area contributed by atoms with Crippen LogP contribution in [0.15, 0.2) is 30.6 Å². The summed E-state index contributed by atoms with van der Waals surface area (Å²) in [5.74, 6) is -1.57. The highest BCUT2D eigenvalue weighted by Crippen LogP contribution is 2.38. The van der Waals surface area contributed by atoms with Gasteiger partial charge >= 0.3 is 11.9 Å². The molecule has 1 amide bonds. The molecule has 4 rings (SSSR count). The van der Waals surface area contributed by atoms with Crippen LogP contribution in [0.5, 0.6) is 0 Å². The SMILES string of the molecule is CCOC(=O)c1c(NC(=O)C(CC)OC(=O)c2cccc3nccnc23)sc2c1CCCCC2. The van der Waals surface area contributed by atoms with Gasteiger partial charge in [0.15, 0.2) is 6.10 Å². The molecule has 2 heterocycles. The Morgan fingerprint density at radius 3 is 2.65 bits per heavy atom. The van der Waals surface area contributed by atoms with Gasteiger partial charge < -0.3 is 14.8 Å². The van der Waals surface area contributed by atoms with Crippen molar-refractivity contribution in [2.75, 3.05) is 11.9 Å². The number of hydrogen-bond acceptors (Lipinski definition) is 8. The van der Waals surface area contributed by atoms with E-state index in [1.807, 2.05) is 0 Å². The molecule has 0 radical (unpaired) electrons. The predicted octanol–water partition coefficient (Wildman–Crippen LogP) is 4.71. The number of hydrogen-bond donors (Lipinski definition) is 1. The van der Waals surface area contributed by atoms with Gasteiger partial charge in [0.05, 0.1) is 23.3 Å². The zero-order chi connectivity index (χ0) is 24.1. The molecule has 1 atom stereocenters. The molecule has 34 heavy (non-hydrogen) atoms. The van der Waals surface area contributed by atoms with E-state index in [0.717, 1.165) is 42.5 Å². The van der Waals surface area contributed by atoms with Gasteiger partial charge in [-0.15, -0.1) is 11.3 Å². The zero-order valence-electron chi connectivity index (χ0n) is 19.3. The summed E-state index contributed by atoms with van der Waals surface area (Å²) in [6.45, 7) is 3.77. The second kappa shape index (κ2) is 10.7. The van der Waals surface area contributed by atoms with Gasteiger partial charge in [-0.3, -0.25) is 14.8 Å². The summed E-state index contributed by atoms with van der Waals surface area (Å²) in [4.78, 5) is 48.3. The number of fused-ring (bicyclic) bond motifs is 2. The number of esters is 2. The first kappa shape index (κ1) is 23.8. The molecule has 0 spiro atoms. The largest absolute Gasteiger partial charge is 0.462 e. The van der Waals surface area contributed by atoms with Crippen molar-refractivity contribution in [3.8, 4) is 0 Å². The maximum absolute atomic E-state index is 13.1. The summed E-state index contributed by atoms with van der Waals surface area (Å²) >= 11 is 1.41. The average Bonchev–Trinajstić information content (AvgIpc) is 3.02. The van der Waals surface area contributed by atoms with E-state index in [4.69, 9.17) is 9.47 Å². The van der Waals surface area contributed by atoms with E-state index < -0.39 is 23.9 Å². The van der Waals surface area contributed by atoms with Crippen LogP contribution < -0.4 is 5.32 Å². The van der Waals surface area contributed by atoms with E-state index in [1.165, 1.54) is 17.5 Å². The molecule has 9 heteroatoms. The molecule has 1 unspecified atom stereocenters. The maximum Gasteiger partial charge on any atom is 0.341 e. The van der Waals surface area contributed by atoms with Crippen LogP contribution in [-0.4, -0.2) is 40.5 Å². The first-order chi connectivity index (χ1) is 16.5. The molecule has 178 valence electrons. The van der Waals surface area contributed by atoms with E-state index >= 15 is 0 Å². The van der Waals surface area contributed by atoms with E-state index in [1.54, 1.807) is 38.2 Å². The van der Waals surface area contributed by atoms with Gasteiger partial charge in [-0.05, 0) is 56.7 Å². The van der Waals surface area contributed by atoms with Crippen molar-refractivity contribution in [1.82, 2.24) is 9.97 Å². The van der Waals surface area contributed by atoms with Gasteiger partial charge in [0, 0.05) is 17.3 Å². The topological polar surface area (TPSA) is 107 Å². The Labute approximate surface area is 201 Å². The Morgan fingerprint density at radius 2 is 1.85 bits per heavy atom. The van der Waals surface area contributed by atoms with Crippen molar-refractivity contribution in [2.24, 2.45) is 0 Å². The Kier molecular flexibility index (Phi) is 7.52. The second-order valence-corrected chi connectivity index (χ2v) is 9.12. The minimum absolute atomic E-state index is 0.243. The van der Waals surface area contributed by atoms with Crippen LogP contribution in [0.2, 0.25) is 0 Å². The van der Waals surface area contributed by atoms with Gasteiger partial charge in [0.2, 0.25) is 0 Å². The first-order valence-corrected chi connectivity index (χ1v) is 12.4. The fraction of sp³-hybridized carbons (Fsp3) is 0.400. The summed E-state index contributed by atoms with van der Waals surface area (Å²) in [6, 6.07) is 5.04. The van der Waals surface area contributed by atoms with Crippen molar-refractivity contribution in [1.29, 1.82) is 0 Å². The molecule has 1 aliphatic rings. The fourth-order valence-corrected chi connectivity index (χ4v) is 5.39. The Balaban J connectivity index is 1.56. The lowest BCUT2D eigenvalue weighted by molar-refractivity contribution is -0.124. The highest BCUT2D eigenvalue weighted by molar-refractivity contribution is 7.17. The molecule has 3 aromatic rings. The van der Waals surface area contributed by atoms with Crippen molar-refractivity contribution < 1.29 is 23.9 Å². The second-order valence-electron chi connectivity index (χ2n) is 8.01. The third-order valence-electron chi connectivity index (χ3n) is 5.77. The van der Waals surface area contributed by atoms with Crippen LogP contribution in [0.25, 0.3) is 11.0 Å². The molecule has 0 bridgehead atoms. The maximum atomic E-state index is 13.1. The van der Waals surface area contributed by atoms with Crippen LogP contribution >= 0.6 is 11.3 Å². The molecule has 0 aliphatic heterocycles. The number of benzene rings is 1. The van der Waals surface area contributed by atoms with Gasteiger partial charge in [-0.1, -0.05) is 19.4 Å². The monoisotopic (exact) mass is 481 g/mol. The number of aromatic nitrogens is 2. The number of nitrogens with zero attached hydrogens (tertiary/aromatic N) is 2. The quantitative estimate of drug-likeness (QED) is 0.385. The van der Waals surface area contributed by atoms with Crippen molar-refractivity contribution >= 4 is 45.2 Å². The Hall–Kier alpha value is -3.33. The number of ether oxygens (including phenoxy) is 2. The number of para-hydroxylation sites is 1. The molecule has 2 aromatic heterocycles. The lowest BCUT2D eigenvalue weighted by Gasteiger charge is -2.16. The van der Waals surface area contributed by atoms with Crippen LogP contribution in [0.1, 0.15) is 70.7 Å². The number of anilines is 1. The molecule has 0 fully saturated rings. The van der Waals surface area contributed by atoms with Gasteiger partial charge in [0.25, 0.3) is 5.91 Å². The summed E-state index contributed by atoms with van der Waals surface area (Å²) in [5.41, 5.74) is 2.62. The molecule has 0 saturated heterocycles. The summed E-state index contributed by atoms with van der Waals surface area (Å²) in [5, 5.41) is 3.31. The van der Waals surface area contributed by atoms with E-state index in [0.29, 0.717) is 21.6 Å². The van der Waals surface area contributed by atoms with E-state index in [9.17, 15) is 14.4 Å².